The largest absolute Gasteiger partial charge is 0.476 e. The molecule has 5 atom stereocenters. The Bertz CT molecular complexity index is 1220. The number of carboxylic acid groups (broad SMARTS) is 1. The Kier molecular flexibility index (Phi) is 10.6. The van der Waals surface area contributed by atoms with Crippen molar-refractivity contribution in [1.82, 2.24) is 0 Å². The highest BCUT2D eigenvalue weighted by molar-refractivity contribution is 6.42. The van der Waals surface area contributed by atoms with Crippen LogP contribution in [0.2, 0.25) is 0 Å². The van der Waals surface area contributed by atoms with Gasteiger partial charge in [0.15, 0.2) is 12.0 Å². The molecule has 2 aromatic carbocycles. The molecule has 218 valence electrons. The average Bonchev–Trinajstić information content (AvgIpc) is 2.93. The Morgan fingerprint density at radius 2 is 1.75 bits per heavy atom. The molecule has 0 aliphatic carbocycles. The first-order chi connectivity index (χ1) is 19.0. The van der Waals surface area contributed by atoms with Gasteiger partial charge in [0.25, 0.3) is 0 Å². The molecule has 3 rings (SSSR count). The molecule has 0 bridgehead atoms. The Morgan fingerprint density at radius 1 is 1.02 bits per heavy atom. The smallest absolute Gasteiger partial charge is 0.416 e. The van der Waals surface area contributed by atoms with E-state index >= 15 is 0 Å². The lowest BCUT2D eigenvalue weighted by Crippen LogP contribution is -2.59. The van der Waals surface area contributed by atoms with Crippen molar-refractivity contribution in [3.63, 3.8) is 0 Å². The van der Waals surface area contributed by atoms with Gasteiger partial charge in [-0.15, -0.1) is 0 Å². The molecule has 15 heteroatoms. The van der Waals surface area contributed by atoms with Crippen molar-refractivity contribution in [2.45, 2.75) is 43.5 Å². The van der Waals surface area contributed by atoms with E-state index in [0.717, 1.165) is 18.2 Å². The first kappa shape index (κ1) is 30.9. The van der Waals surface area contributed by atoms with Gasteiger partial charge in [-0.05, 0) is 12.1 Å². The Hall–Kier alpha value is -3.60. The maximum absolute atomic E-state index is 13.3. The van der Waals surface area contributed by atoms with Crippen molar-refractivity contribution in [3.05, 3.63) is 70.8 Å². The highest BCUT2D eigenvalue weighted by Gasteiger charge is 2.44. The zero-order valence-electron chi connectivity index (χ0n) is 20.9. The summed E-state index contributed by atoms with van der Waals surface area (Å²) in [5.74, 6) is -1.38. The SMILES string of the molecule is CO/N=C(/C(=O)O)c1ccccc1CO/N=C(/CO[C@@H]1O[C@H](CO)[C@@H](O)[C@H](O)[C@H]1O)c1cccc(C(F)(F)F)c1. The summed E-state index contributed by atoms with van der Waals surface area (Å²) >= 11 is 0. The lowest BCUT2D eigenvalue weighted by atomic mass is 9.99. The van der Waals surface area contributed by atoms with E-state index in [1.165, 1.54) is 25.3 Å². The van der Waals surface area contributed by atoms with Crippen LogP contribution in [0.15, 0.2) is 58.8 Å². The number of carbonyl (C=O) groups is 1. The van der Waals surface area contributed by atoms with Gasteiger partial charge < -0.3 is 44.7 Å². The minimum absolute atomic E-state index is 0.0696. The van der Waals surface area contributed by atoms with Crippen molar-refractivity contribution in [2.24, 2.45) is 10.3 Å². The number of benzene rings is 2. The van der Waals surface area contributed by atoms with Crippen LogP contribution in [0, 0.1) is 0 Å². The number of aliphatic hydroxyl groups is 4. The predicted molar refractivity (Wildman–Crippen MR) is 130 cm³/mol. The molecule has 1 aliphatic rings. The summed E-state index contributed by atoms with van der Waals surface area (Å²) < 4.78 is 50.8. The van der Waals surface area contributed by atoms with Gasteiger partial charge in [0.05, 0.1) is 18.8 Å². The van der Waals surface area contributed by atoms with Crippen LogP contribution in [-0.2, 0) is 36.7 Å². The second-order valence-corrected chi connectivity index (χ2v) is 8.48. The van der Waals surface area contributed by atoms with Crippen molar-refractivity contribution in [2.75, 3.05) is 20.3 Å². The Balaban J connectivity index is 1.88. The number of rotatable bonds is 11. The maximum atomic E-state index is 13.3. The van der Waals surface area contributed by atoms with E-state index in [9.17, 15) is 43.5 Å². The van der Waals surface area contributed by atoms with E-state index in [4.69, 9.17) is 14.3 Å². The van der Waals surface area contributed by atoms with Gasteiger partial charge in [-0.1, -0.05) is 46.7 Å². The van der Waals surface area contributed by atoms with Crippen LogP contribution in [0.25, 0.3) is 0 Å². The summed E-state index contributed by atoms with van der Waals surface area (Å²) in [7, 11) is 1.17. The predicted octanol–water partition coefficient (Wildman–Crippen LogP) is 0.878. The molecular weight excluding hydrogens is 545 g/mol. The summed E-state index contributed by atoms with van der Waals surface area (Å²) in [5.41, 5.74) is -1.22. The number of halogens is 3. The van der Waals surface area contributed by atoms with Gasteiger partial charge in [0.1, 0.15) is 43.8 Å². The number of hydrogen-bond acceptors (Lipinski definition) is 11. The van der Waals surface area contributed by atoms with E-state index in [1.54, 1.807) is 12.1 Å². The second-order valence-electron chi connectivity index (χ2n) is 8.48. The number of carboxylic acids is 1. The fourth-order valence-corrected chi connectivity index (χ4v) is 3.76. The van der Waals surface area contributed by atoms with Gasteiger partial charge in [-0.3, -0.25) is 0 Å². The molecule has 0 amide bonds. The van der Waals surface area contributed by atoms with Crippen LogP contribution in [0.5, 0.6) is 0 Å². The Labute approximate surface area is 225 Å². The van der Waals surface area contributed by atoms with Crippen LogP contribution in [-0.4, -0.2) is 94.0 Å². The van der Waals surface area contributed by atoms with E-state index in [2.05, 4.69) is 15.1 Å². The number of aliphatic carboxylic acids is 1. The second kappa shape index (κ2) is 13.6. The summed E-state index contributed by atoms with van der Waals surface area (Å²) in [5, 5.41) is 56.3. The monoisotopic (exact) mass is 572 g/mol. The molecule has 1 fully saturated rings. The number of alkyl halides is 3. The third kappa shape index (κ3) is 7.53. The van der Waals surface area contributed by atoms with Crippen LogP contribution in [0.4, 0.5) is 13.2 Å². The molecular formula is C25H27F3N2O10. The van der Waals surface area contributed by atoms with Gasteiger partial charge in [-0.25, -0.2) is 4.79 Å². The van der Waals surface area contributed by atoms with Crippen molar-refractivity contribution in [3.8, 4) is 0 Å². The van der Waals surface area contributed by atoms with Crippen LogP contribution >= 0.6 is 0 Å². The Morgan fingerprint density at radius 3 is 2.40 bits per heavy atom. The molecule has 1 heterocycles. The quantitative estimate of drug-likeness (QED) is 0.192. The standard InChI is InChI=1S/C25H27F3N2O10/c1-37-30-19(23(35)36)16-8-3-2-5-14(16)11-39-29-17(13-6-4-7-15(9-13)25(26,27)28)12-38-24-22(34)21(33)20(32)18(10-31)40-24/h2-9,18,20-22,24,31-34H,10-12H2,1H3,(H,35,36)/b29-17-,30-19+/t18-,20-,21+,22-,24-/m1/s1. The van der Waals surface area contributed by atoms with Gasteiger partial charge >= 0.3 is 12.1 Å². The molecule has 5 N–H and O–H groups in total. The van der Waals surface area contributed by atoms with Crippen molar-refractivity contribution >= 4 is 17.4 Å². The summed E-state index contributed by atoms with van der Waals surface area (Å²) in [6, 6.07) is 10.2. The highest BCUT2D eigenvalue weighted by Crippen LogP contribution is 2.30. The van der Waals surface area contributed by atoms with Crippen molar-refractivity contribution < 1.29 is 62.6 Å². The van der Waals surface area contributed by atoms with Gasteiger partial charge in [-0.2, -0.15) is 13.2 Å². The fraction of sp³-hybridized carbons (Fsp3) is 0.400. The molecule has 2 aromatic rings. The molecule has 1 saturated heterocycles. The molecule has 0 spiro atoms. The van der Waals surface area contributed by atoms with E-state index in [0.29, 0.717) is 5.56 Å². The molecule has 1 aliphatic heterocycles. The minimum atomic E-state index is -4.67. The lowest BCUT2D eigenvalue weighted by molar-refractivity contribution is -0.297. The molecule has 40 heavy (non-hydrogen) atoms. The first-order valence-electron chi connectivity index (χ1n) is 11.7. The van der Waals surface area contributed by atoms with Crippen LogP contribution in [0.1, 0.15) is 22.3 Å². The number of hydrogen-bond donors (Lipinski definition) is 5. The average molecular weight is 572 g/mol. The maximum Gasteiger partial charge on any atom is 0.416 e. The first-order valence-corrected chi connectivity index (χ1v) is 11.7. The minimum Gasteiger partial charge on any atom is -0.476 e. The van der Waals surface area contributed by atoms with E-state index < -0.39 is 67.3 Å². The molecule has 0 unspecified atom stereocenters. The molecule has 0 saturated carbocycles. The zero-order chi connectivity index (χ0) is 29.4. The lowest BCUT2D eigenvalue weighted by Gasteiger charge is -2.39. The van der Waals surface area contributed by atoms with Gasteiger partial charge in [0, 0.05) is 16.7 Å². The topological polar surface area (TPSA) is 180 Å². The number of oxime groups is 2. The fourth-order valence-electron chi connectivity index (χ4n) is 3.76. The number of ether oxygens (including phenoxy) is 2. The molecule has 0 radical (unpaired) electrons. The van der Waals surface area contributed by atoms with Crippen LogP contribution < -0.4 is 0 Å². The third-order valence-electron chi connectivity index (χ3n) is 5.81. The van der Waals surface area contributed by atoms with Crippen molar-refractivity contribution in [1.29, 1.82) is 0 Å². The molecule has 0 aromatic heterocycles. The zero-order valence-corrected chi connectivity index (χ0v) is 20.9. The normalized spacial score (nSPS) is 24.1. The van der Waals surface area contributed by atoms with Gasteiger partial charge in [0.2, 0.25) is 0 Å². The van der Waals surface area contributed by atoms with E-state index in [1.807, 2.05) is 0 Å². The summed E-state index contributed by atoms with van der Waals surface area (Å²) in [4.78, 5) is 21.6. The summed E-state index contributed by atoms with van der Waals surface area (Å²) in [6.07, 6.45) is -12.7. The highest BCUT2D eigenvalue weighted by atomic mass is 19.4. The number of aliphatic hydroxyl groups excluding tert-OH is 4. The molecule has 12 nitrogen and oxygen atoms in total. The number of nitrogens with zero attached hydrogens (tertiary/aromatic N) is 2. The van der Waals surface area contributed by atoms with Crippen LogP contribution in [0.3, 0.4) is 0 Å². The van der Waals surface area contributed by atoms with E-state index in [-0.39, 0.29) is 23.4 Å². The third-order valence-corrected chi connectivity index (χ3v) is 5.81. The summed E-state index contributed by atoms with van der Waals surface area (Å²) in [6.45, 7) is -1.65.